The molecule has 0 unspecified atom stereocenters. The largest absolute Gasteiger partial charge is 0.325 e. The first kappa shape index (κ1) is 22.9. The van der Waals surface area contributed by atoms with Gasteiger partial charge in [-0.25, -0.2) is 4.39 Å². The van der Waals surface area contributed by atoms with E-state index in [4.69, 9.17) is 4.11 Å². The van der Waals surface area contributed by atoms with Crippen molar-refractivity contribution < 1.29 is 27.7 Å². The van der Waals surface area contributed by atoms with Crippen LogP contribution in [0.5, 0.6) is 0 Å². The van der Waals surface area contributed by atoms with E-state index in [1.165, 1.54) is 12.1 Å². The molecule has 38 heavy (non-hydrogen) atoms. The molecule has 4 amide bonds. The zero-order chi connectivity index (χ0) is 30.3. The first-order valence-corrected chi connectivity index (χ1v) is 12.1. The molecular formula is C28H30FN5O4. The second-order valence-electron chi connectivity index (χ2n) is 10.8. The lowest BCUT2D eigenvalue weighted by molar-refractivity contribution is -0.150. The number of nitrogens with one attached hydrogen (secondary N) is 2. The third-order valence-electron chi connectivity index (χ3n) is 6.83. The first-order valence-electron chi connectivity index (χ1n) is 13.6. The number of likely N-dealkylation sites (N-methyl/N-ethyl adjacent to an activating group) is 1. The van der Waals surface area contributed by atoms with E-state index in [2.05, 4.69) is 16.7 Å². The van der Waals surface area contributed by atoms with Crippen molar-refractivity contribution in [1.29, 1.82) is 5.26 Å². The molecule has 4 rings (SSSR count). The van der Waals surface area contributed by atoms with Gasteiger partial charge in [0.1, 0.15) is 17.9 Å². The molecule has 9 nitrogen and oxygen atoms in total. The van der Waals surface area contributed by atoms with Gasteiger partial charge in [-0.15, -0.1) is 0 Å². The smallest absolute Gasteiger partial charge is 0.313 e. The van der Waals surface area contributed by atoms with Crippen LogP contribution in [0, 0.1) is 22.6 Å². The van der Waals surface area contributed by atoms with E-state index < -0.39 is 53.4 Å². The number of carbonyl (C=O) groups excluding carboxylic acids is 4. The Hall–Kier alpha value is -4.26. The topological polar surface area (TPSA) is 123 Å². The van der Waals surface area contributed by atoms with E-state index in [1.54, 1.807) is 45.0 Å². The summed E-state index contributed by atoms with van der Waals surface area (Å²) < 4.78 is 37.6. The summed E-state index contributed by atoms with van der Waals surface area (Å²) in [5.74, 6) is -4.66. The van der Waals surface area contributed by atoms with Crippen LogP contribution >= 0.6 is 0 Å². The highest BCUT2D eigenvalue weighted by atomic mass is 19.1. The number of benzene rings is 2. The number of halogens is 1. The summed E-state index contributed by atoms with van der Waals surface area (Å²) in [6.07, 6.45) is -0.183. The second-order valence-corrected chi connectivity index (χ2v) is 10.8. The molecule has 1 spiro atoms. The Kier molecular flexibility index (Phi) is 5.96. The van der Waals surface area contributed by atoms with Crippen LogP contribution in [0.4, 0.5) is 15.8 Å². The Labute approximate surface area is 224 Å². The van der Waals surface area contributed by atoms with Crippen molar-refractivity contribution in [3.8, 4) is 6.07 Å². The maximum Gasteiger partial charge on any atom is 0.313 e. The number of amides is 4. The monoisotopic (exact) mass is 522 g/mol. The third kappa shape index (κ3) is 4.96. The summed E-state index contributed by atoms with van der Waals surface area (Å²) >= 11 is 0. The van der Waals surface area contributed by atoms with Gasteiger partial charge in [0.2, 0.25) is 11.8 Å². The van der Waals surface area contributed by atoms with Gasteiger partial charge >= 0.3 is 11.8 Å². The molecule has 0 radical (unpaired) electrons. The van der Waals surface area contributed by atoms with E-state index in [-0.39, 0.29) is 35.9 Å². The van der Waals surface area contributed by atoms with Crippen LogP contribution < -0.4 is 10.6 Å². The van der Waals surface area contributed by atoms with E-state index in [0.717, 1.165) is 17.0 Å². The fourth-order valence-electron chi connectivity index (χ4n) is 5.02. The van der Waals surface area contributed by atoms with Gasteiger partial charge in [0, 0.05) is 35.4 Å². The van der Waals surface area contributed by atoms with E-state index >= 15 is 0 Å². The van der Waals surface area contributed by atoms with Crippen molar-refractivity contribution in [3.63, 3.8) is 0 Å². The summed E-state index contributed by atoms with van der Waals surface area (Å²) in [5.41, 5.74) is -0.699. The zero-order valence-electron chi connectivity index (χ0n) is 24.2. The summed E-state index contributed by atoms with van der Waals surface area (Å²) in [4.78, 5) is 55.1. The molecule has 3 atom stereocenters. The predicted molar refractivity (Wildman–Crippen MR) is 138 cm³/mol. The highest BCUT2D eigenvalue weighted by molar-refractivity contribution is 6.39. The molecule has 1 saturated heterocycles. The number of carbonyl (C=O) groups is 4. The van der Waals surface area contributed by atoms with Crippen LogP contribution in [-0.4, -0.2) is 59.0 Å². The van der Waals surface area contributed by atoms with Gasteiger partial charge in [-0.2, -0.15) is 5.26 Å². The van der Waals surface area contributed by atoms with Gasteiger partial charge in [-0.05, 0) is 47.7 Å². The minimum absolute atomic E-state index is 0.0207. The molecule has 198 valence electrons. The van der Waals surface area contributed by atoms with Crippen LogP contribution in [0.2, 0.25) is 0 Å². The van der Waals surface area contributed by atoms with Crippen LogP contribution in [0.15, 0.2) is 48.5 Å². The number of likely N-dealkylation sites (tertiary alicyclic amines) is 1. The summed E-state index contributed by atoms with van der Waals surface area (Å²) in [5, 5.41) is 15.0. The highest BCUT2D eigenvalue weighted by Gasteiger charge is 2.57. The number of para-hydroxylation sites is 1. The average molecular weight is 523 g/mol. The molecule has 0 aliphatic carbocycles. The lowest BCUT2D eigenvalue weighted by atomic mass is 9.80. The van der Waals surface area contributed by atoms with Gasteiger partial charge in [0.15, 0.2) is 0 Å². The number of nitrogens with zero attached hydrogens (tertiary/aromatic N) is 3. The SMILES string of the molecule is [2H]C([2H])([2H])N(C(=O)C(=O)Nc1ccc(F)cc1)[C@@H](CC(C)(C)C)C(=O)N1C[C@]2(C[C@H]1C#N)C(=O)Nc1ccccc12. The molecule has 2 aromatic rings. The fourth-order valence-corrected chi connectivity index (χ4v) is 5.02. The van der Waals surface area contributed by atoms with Gasteiger partial charge in [-0.1, -0.05) is 39.0 Å². The first-order chi connectivity index (χ1) is 19.1. The summed E-state index contributed by atoms with van der Waals surface area (Å²) in [7, 11) is 0. The zero-order valence-corrected chi connectivity index (χ0v) is 21.2. The standard InChI is InChI=1S/C28H30FN5O4/c1-27(2,3)14-22(33(4)25(37)23(35)31-18-11-9-17(29)10-12-18)24(36)34-16-28(13-19(34)15-30)20-7-5-6-8-21(20)32-26(28)38/h5-12,19,22H,13-14,16H2,1-4H3,(H,31,35)(H,32,38)/t19-,22-,28-/m0/s1/i4D3. The van der Waals surface area contributed by atoms with Crippen molar-refractivity contribution in [1.82, 2.24) is 9.80 Å². The maximum absolute atomic E-state index is 14.2. The quantitative estimate of drug-likeness (QED) is 0.598. The molecule has 2 aliphatic rings. The molecule has 0 bridgehead atoms. The van der Waals surface area contributed by atoms with Crippen LogP contribution in [0.3, 0.4) is 0 Å². The van der Waals surface area contributed by atoms with Crippen LogP contribution in [0.1, 0.15) is 43.3 Å². The number of hydrogen-bond acceptors (Lipinski definition) is 5. The lowest BCUT2D eigenvalue weighted by Crippen LogP contribution is -2.54. The molecular weight excluding hydrogens is 489 g/mol. The lowest BCUT2D eigenvalue weighted by Gasteiger charge is -2.35. The minimum atomic E-state index is -3.22. The van der Waals surface area contributed by atoms with Crippen molar-refractivity contribution in [3.05, 3.63) is 59.9 Å². The Morgan fingerprint density at radius 3 is 2.58 bits per heavy atom. The molecule has 2 N–H and O–H groups in total. The van der Waals surface area contributed by atoms with E-state index in [9.17, 15) is 28.8 Å². The maximum atomic E-state index is 14.2. The normalized spacial score (nSPS) is 22.4. The van der Waals surface area contributed by atoms with Crippen LogP contribution in [0.25, 0.3) is 0 Å². The number of nitriles is 1. The Morgan fingerprint density at radius 1 is 1.26 bits per heavy atom. The van der Waals surface area contributed by atoms with Gasteiger partial charge < -0.3 is 20.4 Å². The van der Waals surface area contributed by atoms with Crippen molar-refractivity contribution in [2.45, 2.75) is 51.1 Å². The molecule has 1 fully saturated rings. The number of rotatable bonds is 4. The number of anilines is 2. The van der Waals surface area contributed by atoms with Crippen LogP contribution in [-0.2, 0) is 24.6 Å². The van der Waals surface area contributed by atoms with Crippen molar-refractivity contribution in [2.24, 2.45) is 5.41 Å². The molecule has 2 aromatic carbocycles. The Balaban J connectivity index is 1.71. The average Bonchev–Trinajstić information content (AvgIpc) is 3.41. The Morgan fingerprint density at radius 2 is 1.95 bits per heavy atom. The number of hydrogen-bond donors (Lipinski definition) is 2. The predicted octanol–water partition coefficient (Wildman–Crippen LogP) is 3.04. The van der Waals surface area contributed by atoms with Gasteiger partial charge in [0.25, 0.3) is 0 Å². The van der Waals surface area contributed by atoms with Crippen molar-refractivity contribution >= 4 is 35.0 Å². The molecule has 10 heteroatoms. The minimum Gasteiger partial charge on any atom is -0.325 e. The number of fused-ring (bicyclic) bond motifs is 2. The third-order valence-corrected chi connectivity index (χ3v) is 6.83. The van der Waals surface area contributed by atoms with Gasteiger partial charge in [-0.3, -0.25) is 19.2 Å². The molecule has 2 aliphatic heterocycles. The Bertz CT molecular complexity index is 1430. The summed E-state index contributed by atoms with van der Waals surface area (Å²) in [6.45, 7) is 1.78. The second kappa shape index (κ2) is 9.89. The van der Waals surface area contributed by atoms with Crippen molar-refractivity contribution in [2.75, 3.05) is 24.2 Å². The highest BCUT2D eigenvalue weighted by Crippen LogP contribution is 2.46. The van der Waals surface area contributed by atoms with E-state index in [0.29, 0.717) is 11.3 Å². The fraction of sp³-hybridized carbons (Fsp3) is 0.393. The van der Waals surface area contributed by atoms with Gasteiger partial charge in [0.05, 0.1) is 11.5 Å². The molecule has 2 heterocycles. The summed E-state index contributed by atoms with van der Waals surface area (Å²) in [6, 6.07) is 10.7. The van der Waals surface area contributed by atoms with E-state index in [1.807, 2.05) is 0 Å². The molecule has 0 aromatic heterocycles. The molecule has 0 saturated carbocycles.